The van der Waals surface area contributed by atoms with E-state index >= 15 is 0 Å². The fourth-order valence-electron chi connectivity index (χ4n) is 5.62. The summed E-state index contributed by atoms with van der Waals surface area (Å²) in [5.74, 6) is -0.00876. The van der Waals surface area contributed by atoms with Gasteiger partial charge in [-0.05, 0) is 60.3 Å². The average molecular weight is 632 g/mol. The third-order valence-corrected chi connectivity index (χ3v) is 8.31. The molecule has 0 aromatic carbocycles. The van der Waals surface area contributed by atoms with Crippen LogP contribution < -0.4 is 5.32 Å². The molecule has 1 saturated heterocycles. The molecule has 4 aromatic rings. The van der Waals surface area contributed by atoms with Crippen LogP contribution in [0.4, 0.5) is 5.82 Å². The minimum Gasteiger partial charge on any atom is -0.411 e. The highest BCUT2D eigenvalue weighted by molar-refractivity contribution is 9.10. The lowest BCUT2D eigenvalue weighted by molar-refractivity contribution is -0.138. The van der Waals surface area contributed by atoms with Crippen molar-refractivity contribution in [1.82, 2.24) is 34.6 Å². The van der Waals surface area contributed by atoms with Crippen LogP contribution in [-0.2, 0) is 16.1 Å². The zero-order chi connectivity index (χ0) is 29.8. The average Bonchev–Trinajstić information content (AvgIpc) is 3.36. The van der Waals surface area contributed by atoms with E-state index in [9.17, 15) is 19.6 Å². The van der Waals surface area contributed by atoms with Gasteiger partial charge in [0.2, 0.25) is 11.8 Å². The summed E-state index contributed by atoms with van der Waals surface area (Å²) in [6, 6.07) is 4.19. The van der Waals surface area contributed by atoms with Crippen LogP contribution in [0, 0.1) is 19.3 Å². The molecule has 4 aromatic heterocycles. The lowest BCUT2D eigenvalue weighted by atomic mass is 10.0. The number of rotatable bonds is 7. The van der Waals surface area contributed by atoms with Crippen LogP contribution in [0.15, 0.2) is 46.5 Å². The van der Waals surface area contributed by atoms with Crippen molar-refractivity contribution >= 4 is 56.5 Å². The third kappa shape index (κ3) is 4.81. The zero-order valence-corrected chi connectivity index (χ0v) is 24.5. The maximum Gasteiger partial charge on any atom is 0.248 e. The van der Waals surface area contributed by atoms with Crippen molar-refractivity contribution in [1.29, 1.82) is 0 Å². The number of carbonyl (C=O) groups is 3. The van der Waals surface area contributed by atoms with Crippen LogP contribution in [0.25, 0.3) is 22.2 Å². The molecule has 0 unspecified atom stereocenters. The van der Waals surface area contributed by atoms with Gasteiger partial charge in [0, 0.05) is 41.7 Å². The number of pyridine rings is 2. The lowest BCUT2D eigenvalue weighted by Gasteiger charge is -2.27. The number of Topliss-reactive ketones (excluding diaryl/α,β-unsaturated/α-hetero) is 1. The molecule has 214 valence electrons. The molecule has 2 fully saturated rings. The van der Waals surface area contributed by atoms with Crippen molar-refractivity contribution in [3.05, 3.63) is 58.5 Å². The number of nitrogens with one attached hydrogen (secondary N) is 1. The van der Waals surface area contributed by atoms with Gasteiger partial charge in [0.05, 0.1) is 23.6 Å². The van der Waals surface area contributed by atoms with Crippen molar-refractivity contribution in [2.45, 2.75) is 52.2 Å². The number of halogens is 1. The van der Waals surface area contributed by atoms with Crippen molar-refractivity contribution < 1.29 is 19.6 Å². The van der Waals surface area contributed by atoms with Gasteiger partial charge in [-0.1, -0.05) is 6.07 Å². The Kier molecular flexibility index (Phi) is 6.80. The Bertz CT molecular complexity index is 1790. The van der Waals surface area contributed by atoms with Gasteiger partial charge in [-0.15, -0.1) is 5.16 Å². The Morgan fingerprint density at radius 1 is 1.17 bits per heavy atom. The smallest absolute Gasteiger partial charge is 0.248 e. The zero-order valence-electron chi connectivity index (χ0n) is 22.9. The molecule has 0 spiro atoms. The highest BCUT2D eigenvalue weighted by Crippen LogP contribution is 2.58. The topological polar surface area (TPSA) is 168 Å². The molecule has 2 amide bonds. The van der Waals surface area contributed by atoms with Crippen LogP contribution in [-0.4, -0.2) is 75.7 Å². The number of piperidine rings is 1. The number of fused-ring (bicyclic) bond motifs is 2. The number of aryl methyl sites for hydroxylation is 2. The van der Waals surface area contributed by atoms with Gasteiger partial charge in [0.25, 0.3) is 0 Å². The summed E-state index contributed by atoms with van der Waals surface area (Å²) < 4.78 is 2.00. The van der Waals surface area contributed by atoms with Gasteiger partial charge in [-0.25, -0.2) is 15.0 Å². The van der Waals surface area contributed by atoms with Gasteiger partial charge in [0.15, 0.2) is 5.78 Å². The van der Waals surface area contributed by atoms with Gasteiger partial charge in [0.1, 0.15) is 34.5 Å². The van der Waals surface area contributed by atoms with Gasteiger partial charge in [-0.2, -0.15) is 5.10 Å². The summed E-state index contributed by atoms with van der Waals surface area (Å²) in [5, 5.41) is 20.4. The third-order valence-electron chi connectivity index (χ3n) is 7.86. The van der Waals surface area contributed by atoms with Crippen LogP contribution in [0.3, 0.4) is 0 Å². The summed E-state index contributed by atoms with van der Waals surface area (Å²) in [5.41, 5.74) is 2.12. The Hall–Kier alpha value is -4.59. The SMILES string of the molecule is CC(=O)c1nn(CC(=O)N2[C@H](C(=O)Nc3nc(Br)ccc3C)C[C@@]3(/C=N/O)C[C@@H]23)c2cnc(-c3cnc(C)nc3)cc12. The van der Waals surface area contributed by atoms with E-state index in [1.54, 1.807) is 37.6 Å². The number of nitrogens with zero attached hydrogens (tertiary/aromatic N) is 8. The quantitative estimate of drug-likeness (QED) is 0.102. The Labute approximate surface area is 248 Å². The lowest BCUT2D eigenvalue weighted by Crippen LogP contribution is -2.47. The second-order valence-corrected chi connectivity index (χ2v) is 11.5. The number of aromatic nitrogens is 6. The summed E-state index contributed by atoms with van der Waals surface area (Å²) in [6.07, 6.45) is 7.15. The number of carbonyl (C=O) groups excluding carboxylic acids is 3. The van der Waals surface area contributed by atoms with Crippen molar-refractivity contribution in [2.24, 2.45) is 10.6 Å². The standard InChI is InChI=1S/C28H26BrN9O4/c1-14-4-5-23(29)34-26(14)35-27(41)20-7-28(13-33-42)8-22(28)38(20)24(40)12-37-21-11-32-19(17-9-30-16(3)31-10-17)6-18(21)25(36-37)15(2)39/h4-6,9-11,13,20,22,42H,7-8,12H2,1-3H3,(H,34,35,41)/b33-13+/t20-,22+,28-/m0/s1. The first-order valence-corrected chi connectivity index (χ1v) is 14.0. The van der Waals surface area contributed by atoms with E-state index in [2.05, 4.69) is 51.4 Å². The summed E-state index contributed by atoms with van der Waals surface area (Å²) in [7, 11) is 0. The molecule has 1 saturated carbocycles. The summed E-state index contributed by atoms with van der Waals surface area (Å²) in [4.78, 5) is 58.7. The van der Waals surface area contributed by atoms with Crippen LogP contribution >= 0.6 is 15.9 Å². The fraction of sp³-hybridized carbons (Fsp3) is 0.321. The Balaban J connectivity index is 1.31. The van der Waals surface area contributed by atoms with Crippen molar-refractivity contribution in [3.63, 3.8) is 0 Å². The molecule has 0 bridgehead atoms. The van der Waals surface area contributed by atoms with Gasteiger partial charge >= 0.3 is 0 Å². The number of likely N-dealkylation sites (tertiary alicyclic amines) is 1. The van der Waals surface area contributed by atoms with E-state index in [1.165, 1.54) is 22.7 Å². The second kappa shape index (κ2) is 10.4. The van der Waals surface area contributed by atoms with Crippen LogP contribution in [0.1, 0.15) is 41.6 Å². The molecular formula is C28H26BrN9O4. The molecule has 42 heavy (non-hydrogen) atoms. The molecule has 3 atom stereocenters. The monoisotopic (exact) mass is 631 g/mol. The number of ketones is 1. The predicted octanol–water partition coefficient (Wildman–Crippen LogP) is 3.32. The molecule has 1 aliphatic carbocycles. The normalized spacial score (nSPS) is 21.1. The molecule has 13 nitrogen and oxygen atoms in total. The maximum absolute atomic E-state index is 13.9. The molecule has 5 heterocycles. The van der Waals surface area contributed by atoms with E-state index in [1.807, 2.05) is 13.0 Å². The summed E-state index contributed by atoms with van der Waals surface area (Å²) in [6.45, 7) is 4.80. The summed E-state index contributed by atoms with van der Waals surface area (Å²) >= 11 is 3.32. The van der Waals surface area contributed by atoms with Gasteiger partial charge < -0.3 is 15.4 Å². The predicted molar refractivity (Wildman–Crippen MR) is 155 cm³/mol. The van der Waals surface area contributed by atoms with E-state index in [0.29, 0.717) is 51.2 Å². The number of hydrogen-bond acceptors (Lipinski definition) is 10. The number of anilines is 1. The Morgan fingerprint density at radius 2 is 1.93 bits per heavy atom. The van der Waals surface area contributed by atoms with Gasteiger partial charge in [-0.3, -0.25) is 24.0 Å². The number of amides is 2. The van der Waals surface area contributed by atoms with E-state index in [0.717, 1.165) is 5.56 Å². The minimum absolute atomic E-state index is 0.203. The first kappa shape index (κ1) is 27.6. The van der Waals surface area contributed by atoms with E-state index < -0.39 is 17.4 Å². The molecule has 0 radical (unpaired) electrons. The first-order chi connectivity index (χ1) is 20.1. The largest absolute Gasteiger partial charge is 0.411 e. The van der Waals surface area contributed by atoms with Crippen LogP contribution in [0.2, 0.25) is 0 Å². The molecule has 6 rings (SSSR count). The molecule has 14 heteroatoms. The highest BCUT2D eigenvalue weighted by Gasteiger charge is 2.66. The molecule has 1 aliphatic heterocycles. The first-order valence-electron chi connectivity index (χ1n) is 13.2. The maximum atomic E-state index is 13.9. The number of oxime groups is 1. The highest BCUT2D eigenvalue weighted by atomic mass is 79.9. The Morgan fingerprint density at radius 3 is 2.64 bits per heavy atom. The van der Waals surface area contributed by atoms with Crippen molar-refractivity contribution in [2.75, 3.05) is 5.32 Å². The van der Waals surface area contributed by atoms with Crippen molar-refractivity contribution in [3.8, 4) is 11.3 Å². The minimum atomic E-state index is -0.824. The second-order valence-electron chi connectivity index (χ2n) is 10.7. The molecule has 2 aliphatic rings. The van der Waals surface area contributed by atoms with E-state index in [4.69, 9.17) is 0 Å². The van der Waals surface area contributed by atoms with E-state index in [-0.39, 0.29) is 30.0 Å². The number of hydrogen-bond donors (Lipinski definition) is 2. The molecule has 2 N–H and O–H groups in total. The molecular weight excluding hydrogens is 606 g/mol. The fourth-order valence-corrected chi connectivity index (χ4v) is 5.93. The van der Waals surface area contributed by atoms with Crippen LogP contribution in [0.5, 0.6) is 0 Å².